The molecule has 1 atom stereocenters. The van der Waals surface area contributed by atoms with Crippen molar-refractivity contribution in [3.63, 3.8) is 0 Å². The van der Waals surface area contributed by atoms with E-state index in [1.54, 1.807) is 0 Å². The number of nitrogens with two attached hydrogens (primary N) is 1. The van der Waals surface area contributed by atoms with E-state index in [0.29, 0.717) is 12.6 Å². The molecule has 0 bridgehead atoms. The van der Waals surface area contributed by atoms with E-state index in [9.17, 15) is 0 Å². The molecular weight excluding hydrogens is 142 g/mol. The van der Waals surface area contributed by atoms with Gasteiger partial charge in [0.05, 0.1) is 12.7 Å². The minimum atomic E-state index is 0.354. The first kappa shape index (κ1) is 8.97. The van der Waals surface area contributed by atoms with Crippen LogP contribution in [-0.2, 0) is 9.47 Å². The van der Waals surface area contributed by atoms with E-state index in [1.807, 2.05) is 0 Å². The van der Waals surface area contributed by atoms with Gasteiger partial charge in [0.25, 0.3) is 0 Å². The Balaban J connectivity index is 1.86. The van der Waals surface area contributed by atoms with Crippen LogP contribution in [0.2, 0.25) is 0 Å². The van der Waals surface area contributed by atoms with Crippen molar-refractivity contribution >= 4 is 0 Å². The predicted octanol–water partition coefficient (Wildman–Crippen LogP) is 0.531. The summed E-state index contributed by atoms with van der Waals surface area (Å²) in [6, 6.07) is 0. The molecule has 66 valence electrons. The van der Waals surface area contributed by atoms with Crippen LogP contribution in [0, 0.1) is 0 Å². The minimum Gasteiger partial charge on any atom is -0.379 e. The third kappa shape index (κ3) is 3.70. The van der Waals surface area contributed by atoms with Crippen molar-refractivity contribution in [2.24, 2.45) is 5.73 Å². The van der Waals surface area contributed by atoms with Crippen molar-refractivity contribution in [3.05, 3.63) is 0 Å². The van der Waals surface area contributed by atoms with Crippen LogP contribution < -0.4 is 5.73 Å². The maximum absolute atomic E-state index is 5.38. The molecule has 11 heavy (non-hydrogen) atoms. The van der Waals surface area contributed by atoms with Gasteiger partial charge < -0.3 is 15.2 Å². The van der Waals surface area contributed by atoms with Crippen molar-refractivity contribution in [2.45, 2.75) is 25.4 Å². The fourth-order valence-electron chi connectivity index (χ4n) is 1.18. The quantitative estimate of drug-likeness (QED) is 0.595. The standard InChI is InChI=1S/C8H17NO2/c9-4-2-5-10-7-8-3-1-6-11-8/h8H,1-7,9H2. The summed E-state index contributed by atoms with van der Waals surface area (Å²) < 4.78 is 10.7. The molecule has 1 heterocycles. The van der Waals surface area contributed by atoms with Gasteiger partial charge in [-0.05, 0) is 25.8 Å². The fraction of sp³-hybridized carbons (Fsp3) is 1.00. The molecular formula is C8H17NO2. The van der Waals surface area contributed by atoms with Crippen molar-refractivity contribution in [2.75, 3.05) is 26.4 Å². The van der Waals surface area contributed by atoms with E-state index < -0.39 is 0 Å². The fourth-order valence-corrected chi connectivity index (χ4v) is 1.18. The Hall–Kier alpha value is -0.120. The number of hydrogen-bond donors (Lipinski definition) is 1. The molecule has 1 saturated heterocycles. The van der Waals surface area contributed by atoms with E-state index >= 15 is 0 Å². The highest BCUT2D eigenvalue weighted by Gasteiger charge is 2.14. The van der Waals surface area contributed by atoms with E-state index in [2.05, 4.69) is 0 Å². The van der Waals surface area contributed by atoms with E-state index in [-0.39, 0.29) is 0 Å². The minimum absolute atomic E-state index is 0.354. The lowest BCUT2D eigenvalue weighted by Gasteiger charge is -2.08. The zero-order chi connectivity index (χ0) is 7.94. The summed E-state index contributed by atoms with van der Waals surface area (Å²) >= 11 is 0. The van der Waals surface area contributed by atoms with Crippen LogP contribution in [0.4, 0.5) is 0 Å². The van der Waals surface area contributed by atoms with Crippen LogP contribution in [0.3, 0.4) is 0 Å². The predicted molar refractivity (Wildman–Crippen MR) is 43.5 cm³/mol. The third-order valence-corrected chi connectivity index (χ3v) is 1.82. The Labute approximate surface area is 67.9 Å². The Morgan fingerprint density at radius 2 is 2.45 bits per heavy atom. The first-order chi connectivity index (χ1) is 5.43. The highest BCUT2D eigenvalue weighted by Crippen LogP contribution is 2.11. The van der Waals surface area contributed by atoms with Crippen LogP contribution in [-0.4, -0.2) is 32.5 Å². The molecule has 0 radical (unpaired) electrons. The summed E-state index contributed by atoms with van der Waals surface area (Å²) in [7, 11) is 0. The summed E-state index contributed by atoms with van der Waals surface area (Å²) in [6.45, 7) is 3.15. The van der Waals surface area contributed by atoms with Crippen molar-refractivity contribution < 1.29 is 9.47 Å². The van der Waals surface area contributed by atoms with Gasteiger partial charge >= 0.3 is 0 Å². The maximum atomic E-state index is 5.38. The van der Waals surface area contributed by atoms with E-state index in [1.165, 1.54) is 6.42 Å². The van der Waals surface area contributed by atoms with Crippen LogP contribution in [0.25, 0.3) is 0 Å². The van der Waals surface area contributed by atoms with Gasteiger partial charge in [0, 0.05) is 13.2 Å². The molecule has 0 spiro atoms. The summed E-state index contributed by atoms with van der Waals surface area (Å²) in [5.74, 6) is 0. The molecule has 1 aliphatic heterocycles. The molecule has 0 aromatic carbocycles. The molecule has 0 aromatic rings. The SMILES string of the molecule is NCCCOCC1CCCO1. The molecule has 3 heteroatoms. The largest absolute Gasteiger partial charge is 0.379 e. The Morgan fingerprint density at radius 1 is 1.55 bits per heavy atom. The van der Waals surface area contributed by atoms with Crippen molar-refractivity contribution in [1.29, 1.82) is 0 Å². The molecule has 0 aliphatic carbocycles. The average molecular weight is 159 g/mol. The maximum Gasteiger partial charge on any atom is 0.0809 e. The van der Waals surface area contributed by atoms with Gasteiger partial charge in [-0.15, -0.1) is 0 Å². The molecule has 3 nitrogen and oxygen atoms in total. The van der Waals surface area contributed by atoms with Gasteiger partial charge in [-0.3, -0.25) is 0 Å². The van der Waals surface area contributed by atoms with E-state index in [0.717, 1.165) is 32.7 Å². The van der Waals surface area contributed by atoms with Crippen molar-refractivity contribution in [3.8, 4) is 0 Å². The van der Waals surface area contributed by atoms with Gasteiger partial charge in [-0.25, -0.2) is 0 Å². The van der Waals surface area contributed by atoms with Crippen molar-refractivity contribution in [1.82, 2.24) is 0 Å². The Morgan fingerprint density at radius 3 is 3.09 bits per heavy atom. The second-order valence-corrected chi connectivity index (χ2v) is 2.85. The second kappa shape index (κ2) is 5.52. The highest BCUT2D eigenvalue weighted by atomic mass is 16.5. The van der Waals surface area contributed by atoms with Gasteiger partial charge in [0.1, 0.15) is 0 Å². The summed E-state index contributed by atoms with van der Waals surface area (Å²) in [5, 5.41) is 0. The van der Waals surface area contributed by atoms with Crippen LogP contribution >= 0.6 is 0 Å². The first-order valence-electron chi connectivity index (χ1n) is 4.33. The monoisotopic (exact) mass is 159 g/mol. The Bertz CT molecular complexity index is 92.1. The third-order valence-electron chi connectivity index (χ3n) is 1.82. The average Bonchev–Trinajstić information content (AvgIpc) is 2.50. The zero-order valence-electron chi connectivity index (χ0n) is 6.92. The van der Waals surface area contributed by atoms with Gasteiger partial charge in [0.2, 0.25) is 0 Å². The zero-order valence-corrected chi connectivity index (χ0v) is 6.92. The van der Waals surface area contributed by atoms with Gasteiger partial charge in [0.15, 0.2) is 0 Å². The summed E-state index contributed by atoms with van der Waals surface area (Å²) in [5.41, 5.74) is 5.31. The molecule has 0 amide bonds. The molecule has 1 fully saturated rings. The molecule has 0 saturated carbocycles. The molecule has 1 aliphatic rings. The molecule has 1 unspecified atom stereocenters. The summed E-state index contributed by atoms with van der Waals surface area (Å²) in [4.78, 5) is 0. The number of ether oxygens (including phenoxy) is 2. The molecule has 1 rings (SSSR count). The number of hydrogen-bond acceptors (Lipinski definition) is 3. The normalized spacial score (nSPS) is 24.3. The lowest BCUT2D eigenvalue weighted by atomic mass is 10.2. The lowest BCUT2D eigenvalue weighted by Crippen LogP contribution is -2.15. The summed E-state index contributed by atoms with van der Waals surface area (Å²) in [6.07, 6.45) is 3.65. The topological polar surface area (TPSA) is 44.5 Å². The van der Waals surface area contributed by atoms with E-state index in [4.69, 9.17) is 15.2 Å². The molecule has 0 aromatic heterocycles. The van der Waals surface area contributed by atoms with Crippen LogP contribution in [0.5, 0.6) is 0 Å². The lowest BCUT2D eigenvalue weighted by molar-refractivity contribution is 0.0170. The van der Waals surface area contributed by atoms with Gasteiger partial charge in [-0.2, -0.15) is 0 Å². The Kier molecular flexibility index (Phi) is 4.50. The second-order valence-electron chi connectivity index (χ2n) is 2.85. The first-order valence-corrected chi connectivity index (χ1v) is 4.33. The molecule has 2 N–H and O–H groups in total. The van der Waals surface area contributed by atoms with Crippen LogP contribution in [0.1, 0.15) is 19.3 Å². The number of rotatable bonds is 5. The van der Waals surface area contributed by atoms with Gasteiger partial charge in [-0.1, -0.05) is 0 Å². The highest BCUT2D eigenvalue weighted by molar-refractivity contribution is 4.63. The van der Waals surface area contributed by atoms with Crippen LogP contribution in [0.15, 0.2) is 0 Å². The smallest absolute Gasteiger partial charge is 0.0809 e.